The van der Waals surface area contributed by atoms with Crippen molar-refractivity contribution in [3.05, 3.63) is 65.7 Å². The van der Waals surface area contributed by atoms with E-state index < -0.39 is 5.97 Å². The third-order valence-electron chi connectivity index (χ3n) is 2.32. The number of terminal acetylenes is 1. The molecule has 0 aliphatic carbocycles. The van der Waals surface area contributed by atoms with Crippen LogP contribution < -0.4 is 5.48 Å². The molecule has 0 atom stereocenters. The predicted octanol–water partition coefficient (Wildman–Crippen LogP) is 2.85. The molecule has 3 heteroatoms. The average Bonchev–Trinajstić information content (AvgIpc) is 2.46. The summed E-state index contributed by atoms with van der Waals surface area (Å²) in [4.78, 5) is 16.6. The van der Waals surface area contributed by atoms with Crippen molar-refractivity contribution >= 4 is 11.7 Å². The topological polar surface area (TPSA) is 38.3 Å². The lowest BCUT2D eigenvalue weighted by atomic mass is 10.2. The molecule has 2 aromatic rings. The lowest BCUT2D eigenvalue weighted by Gasteiger charge is -2.06. The van der Waals surface area contributed by atoms with E-state index in [9.17, 15) is 4.79 Å². The summed E-state index contributed by atoms with van der Waals surface area (Å²) in [6, 6.07) is 15.8. The van der Waals surface area contributed by atoms with Crippen molar-refractivity contribution in [1.82, 2.24) is 0 Å². The molecule has 0 heterocycles. The van der Waals surface area contributed by atoms with E-state index in [1.807, 2.05) is 6.07 Å². The highest BCUT2D eigenvalue weighted by Crippen LogP contribution is 2.09. The maximum atomic E-state index is 11.6. The highest BCUT2D eigenvalue weighted by molar-refractivity contribution is 5.89. The third kappa shape index (κ3) is 2.89. The second-order valence-corrected chi connectivity index (χ2v) is 3.58. The minimum absolute atomic E-state index is 0.434. The maximum absolute atomic E-state index is 11.6. The van der Waals surface area contributed by atoms with Gasteiger partial charge in [0.1, 0.15) is 0 Å². The van der Waals surface area contributed by atoms with Crippen molar-refractivity contribution in [2.45, 2.75) is 0 Å². The fourth-order valence-electron chi connectivity index (χ4n) is 1.37. The Hall–Kier alpha value is -2.73. The van der Waals surface area contributed by atoms with Gasteiger partial charge in [0.05, 0.1) is 11.3 Å². The lowest BCUT2D eigenvalue weighted by molar-refractivity contribution is 0.0596. The number of benzene rings is 2. The van der Waals surface area contributed by atoms with Gasteiger partial charge in [-0.3, -0.25) is 0 Å². The van der Waals surface area contributed by atoms with E-state index in [4.69, 9.17) is 11.3 Å². The molecule has 0 unspecified atom stereocenters. The summed E-state index contributed by atoms with van der Waals surface area (Å²) < 4.78 is 0. The molecule has 0 fully saturated rings. The number of anilines is 1. The number of nitrogens with one attached hydrogen (secondary N) is 1. The molecule has 0 spiro atoms. The summed E-state index contributed by atoms with van der Waals surface area (Å²) in [5.74, 6) is 2.08. The Morgan fingerprint density at radius 1 is 1.06 bits per heavy atom. The predicted molar refractivity (Wildman–Crippen MR) is 69.9 cm³/mol. The van der Waals surface area contributed by atoms with Crippen LogP contribution in [0, 0.1) is 12.3 Å². The number of rotatable bonds is 3. The second kappa shape index (κ2) is 5.55. The molecule has 0 bridgehead atoms. The van der Waals surface area contributed by atoms with E-state index in [0.717, 1.165) is 5.56 Å². The monoisotopic (exact) mass is 237 g/mol. The van der Waals surface area contributed by atoms with Crippen molar-refractivity contribution in [2.75, 3.05) is 5.48 Å². The van der Waals surface area contributed by atoms with E-state index >= 15 is 0 Å². The number of hydrogen-bond acceptors (Lipinski definition) is 3. The highest BCUT2D eigenvalue weighted by atomic mass is 16.7. The number of carbonyl (C=O) groups excluding carboxylic acids is 1. The van der Waals surface area contributed by atoms with Crippen LogP contribution in [-0.4, -0.2) is 5.97 Å². The summed E-state index contributed by atoms with van der Waals surface area (Å²) >= 11 is 0. The summed E-state index contributed by atoms with van der Waals surface area (Å²) in [6.07, 6.45) is 5.24. The molecule has 0 amide bonds. The third-order valence-corrected chi connectivity index (χ3v) is 2.32. The molecule has 2 rings (SSSR count). The first kappa shape index (κ1) is 11.7. The van der Waals surface area contributed by atoms with Gasteiger partial charge in [0, 0.05) is 5.56 Å². The van der Waals surface area contributed by atoms with E-state index in [1.54, 1.807) is 48.5 Å². The molecular formula is C15H11NO2. The van der Waals surface area contributed by atoms with E-state index in [-0.39, 0.29) is 0 Å². The molecular weight excluding hydrogens is 226 g/mol. The SMILES string of the molecule is C#Cc1ccc(NOC(=O)c2ccccc2)cc1. The van der Waals surface area contributed by atoms with Crippen LogP contribution in [0.3, 0.4) is 0 Å². The molecule has 0 aromatic heterocycles. The fraction of sp³-hybridized carbons (Fsp3) is 0. The summed E-state index contributed by atoms with van der Waals surface area (Å²) in [5.41, 5.74) is 4.51. The van der Waals surface area contributed by atoms with Gasteiger partial charge >= 0.3 is 5.97 Å². The lowest BCUT2D eigenvalue weighted by Crippen LogP contribution is -2.10. The average molecular weight is 237 g/mol. The normalized spacial score (nSPS) is 9.28. The molecule has 0 aliphatic rings. The van der Waals surface area contributed by atoms with Gasteiger partial charge in [-0.2, -0.15) is 0 Å². The van der Waals surface area contributed by atoms with Crippen molar-refractivity contribution in [3.8, 4) is 12.3 Å². The largest absolute Gasteiger partial charge is 0.362 e. The van der Waals surface area contributed by atoms with Gasteiger partial charge in [0.15, 0.2) is 0 Å². The van der Waals surface area contributed by atoms with Gasteiger partial charge in [0.25, 0.3) is 0 Å². The first-order valence-electron chi connectivity index (χ1n) is 5.38. The summed E-state index contributed by atoms with van der Waals surface area (Å²) in [5, 5.41) is 0. The first-order chi connectivity index (χ1) is 8.79. The molecule has 0 aliphatic heterocycles. The molecule has 3 nitrogen and oxygen atoms in total. The van der Waals surface area contributed by atoms with Gasteiger partial charge in [-0.05, 0) is 36.4 Å². The smallest absolute Gasteiger partial charge is 0.338 e. The van der Waals surface area contributed by atoms with Crippen LogP contribution in [0.2, 0.25) is 0 Å². The Labute approximate surface area is 105 Å². The van der Waals surface area contributed by atoms with Gasteiger partial charge in [-0.1, -0.05) is 24.1 Å². The minimum atomic E-state index is -0.434. The van der Waals surface area contributed by atoms with Gasteiger partial charge in [-0.15, -0.1) is 6.42 Å². The van der Waals surface area contributed by atoms with Crippen LogP contribution in [0.25, 0.3) is 0 Å². The molecule has 1 N–H and O–H groups in total. The first-order valence-corrected chi connectivity index (χ1v) is 5.38. The zero-order valence-electron chi connectivity index (χ0n) is 9.59. The number of hydrogen-bond donors (Lipinski definition) is 1. The Morgan fingerprint density at radius 3 is 2.33 bits per heavy atom. The fourth-order valence-corrected chi connectivity index (χ4v) is 1.37. The highest BCUT2D eigenvalue weighted by Gasteiger charge is 2.05. The molecule has 88 valence electrons. The van der Waals surface area contributed by atoms with Crippen LogP contribution in [0.15, 0.2) is 54.6 Å². The van der Waals surface area contributed by atoms with E-state index in [2.05, 4.69) is 11.4 Å². The van der Waals surface area contributed by atoms with E-state index in [1.165, 1.54) is 0 Å². The van der Waals surface area contributed by atoms with Crippen LogP contribution in [-0.2, 0) is 4.84 Å². The van der Waals surface area contributed by atoms with Crippen LogP contribution in [0.5, 0.6) is 0 Å². The molecule has 0 radical (unpaired) electrons. The molecule has 18 heavy (non-hydrogen) atoms. The van der Waals surface area contributed by atoms with Crippen LogP contribution in [0.4, 0.5) is 5.69 Å². The van der Waals surface area contributed by atoms with Gasteiger partial charge < -0.3 is 4.84 Å². The Morgan fingerprint density at radius 2 is 1.72 bits per heavy atom. The Bertz CT molecular complexity index is 568. The summed E-state index contributed by atoms with van der Waals surface area (Å²) in [6.45, 7) is 0. The maximum Gasteiger partial charge on any atom is 0.362 e. The van der Waals surface area contributed by atoms with Crippen molar-refractivity contribution in [3.63, 3.8) is 0 Å². The molecule has 0 saturated carbocycles. The standard InChI is InChI=1S/C15H11NO2/c1-2-12-8-10-14(11-9-12)16-18-15(17)13-6-4-3-5-7-13/h1,3-11,16H. The minimum Gasteiger partial charge on any atom is -0.338 e. The van der Waals surface area contributed by atoms with E-state index in [0.29, 0.717) is 11.3 Å². The quantitative estimate of drug-likeness (QED) is 0.659. The Balaban J connectivity index is 1.95. The van der Waals surface area contributed by atoms with Crippen molar-refractivity contribution in [1.29, 1.82) is 0 Å². The second-order valence-electron chi connectivity index (χ2n) is 3.58. The zero-order valence-corrected chi connectivity index (χ0v) is 9.59. The zero-order chi connectivity index (χ0) is 12.8. The van der Waals surface area contributed by atoms with Crippen LogP contribution in [0.1, 0.15) is 15.9 Å². The molecule has 2 aromatic carbocycles. The number of carbonyl (C=O) groups is 1. The van der Waals surface area contributed by atoms with Crippen molar-refractivity contribution in [2.24, 2.45) is 0 Å². The van der Waals surface area contributed by atoms with Crippen molar-refractivity contribution < 1.29 is 9.63 Å². The van der Waals surface area contributed by atoms with Crippen LogP contribution >= 0.6 is 0 Å². The Kier molecular flexibility index (Phi) is 3.62. The van der Waals surface area contributed by atoms with Gasteiger partial charge in [0.2, 0.25) is 0 Å². The van der Waals surface area contributed by atoms with Gasteiger partial charge in [-0.25, -0.2) is 10.3 Å². The summed E-state index contributed by atoms with van der Waals surface area (Å²) in [7, 11) is 0. The molecule has 0 saturated heterocycles.